The van der Waals surface area contributed by atoms with Gasteiger partial charge in [0.2, 0.25) is 0 Å². The molecule has 102 valence electrons. The van der Waals surface area contributed by atoms with Gasteiger partial charge in [0, 0.05) is 16.6 Å². The first kappa shape index (κ1) is 14.1. The standard InChI is InChI=1S/C12H12INO5/c13-7-1-2-9(15)8(5-7)10(16)14-12(11(17)18)3-4-19-6-12/h1-2,5,15H,3-4,6H2,(H,14,16)(H,17,18). The number of aromatic hydroxyl groups is 1. The number of carbonyl (C=O) groups is 2. The Balaban J connectivity index is 2.25. The molecule has 1 aliphatic rings. The summed E-state index contributed by atoms with van der Waals surface area (Å²) in [4.78, 5) is 23.4. The van der Waals surface area contributed by atoms with E-state index >= 15 is 0 Å². The van der Waals surface area contributed by atoms with E-state index in [0.29, 0.717) is 0 Å². The van der Waals surface area contributed by atoms with Crippen molar-refractivity contribution >= 4 is 34.5 Å². The molecule has 0 bridgehead atoms. The van der Waals surface area contributed by atoms with Crippen molar-refractivity contribution in [1.29, 1.82) is 0 Å². The van der Waals surface area contributed by atoms with Crippen molar-refractivity contribution in [3.8, 4) is 5.75 Å². The molecule has 1 atom stereocenters. The van der Waals surface area contributed by atoms with E-state index in [0.717, 1.165) is 3.57 Å². The summed E-state index contributed by atoms with van der Waals surface area (Å²) in [7, 11) is 0. The Hall–Kier alpha value is -1.35. The fourth-order valence-corrected chi connectivity index (χ4v) is 2.35. The van der Waals surface area contributed by atoms with Crippen LogP contribution in [-0.2, 0) is 9.53 Å². The maximum absolute atomic E-state index is 12.1. The number of phenols is 1. The molecule has 1 unspecified atom stereocenters. The van der Waals surface area contributed by atoms with E-state index < -0.39 is 17.4 Å². The van der Waals surface area contributed by atoms with Gasteiger partial charge in [0.15, 0.2) is 5.54 Å². The highest BCUT2D eigenvalue weighted by molar-refractivity contribution is 14.1. The smallest absolute Gasteiger partial charge is 0.331 e. The van der Waals surface area contributed by atoms with E-state index in [-0.39, 0.29) is 30.9 Å². The third-order valence-corrected chi connectivity index (χ3v) is 3.66. The number of phenolic OH excluding ortho intramolecular Hbond substituents is 1. The summed E-state index contributed by atoms with van der Waals surface area (Å²) < 4.78 is 5.82. The third-order valence-electron chi connectivity index (χ3n) is 2.99. The second-order valence-corrected chi connectivity index (χ2v) is 5.55. The van der Waals surface area contributed by atoms with Crippen LogP contribution in [0.4, 0.5) is 0 Å². The number of hydrogen-bond donors (Lipinski definition) is 3. The molecule has 1 amide bonds. The Kier molecular flexibility index (Phi) is 3.95. The second-order valence-electron chi connectivity index (χ2n) is 4.31. The van der Waals surface area contributed by atoms with Crippen LogP contribution >= 0.6 is 22.6 Å². The Morgan fingerprint density at radius 2 is 2.16 bits per heavy atom. The minimum Gasteiger partial charge on any atom is -0.507 e. The van der Waals surface area contributed by atoms with Gasteiger partial charge in [0.1, 0.15) is 5.75 Å². The number of carbonyl (C=O) groups excluding carboxylic acids is 1. The maximum Gasteiger partial charge on any atom is 0.331 e. The van der Waals surface area contributed by atoms with Crippen LogP contribution in [0.15, 0.2) is 18.2 Å². The van der Waals surface area contributed by atoms with E-state index in [2.05, 4.69) is 5.32 Å². The lowest BCUT2D eigenvalue weighted by Gasteiger charge is -2.23. The van der Waals surface area contributed by atoms with Crippen LogP contribution < -0.4 is 5.32 Å². The molecule has 19 heavy (non-hydrogen) atoms. The van der Waals surface area contributed by atoms with Gasteiger partial charge >= 0.3 is 5.97 Å². The van der Waals surface area contributed by atoms with Gasteiger partial charge in [-0.25, -0.2) is 4.79 Å². The molecule has 7 heteroatoms. The molecule has 3 N–H and O–H groups in total. The largest absolute Gasteiger partial charge is 0.507 e. The minimum absolute atomic E-state index is 0.0550. The zero-order chi connectivity index (χ0) is 14.0. The lowest BCUT2D eigenvalue weighted by Crippen LogP contribution is -2.55. The Bertz CT molecular complexity index is 525. The highest BCUT2D eigenvalue weighted by Gasteiger charge is 2.44. The summed E-state index contributed by atoms with van der Waals surface area (Å²) in [5.41, 5.74) is -1.36. The molecule has 6 nitrogen and oxygen atoms in total. The average Bonchev–Trinajstić information content (AvgIpc) is 2.82. The van der Waals surface area contributed by atoms with Gasteiger partial charge < -0.3 is 20.3 Å². The topological polar surface area (TPSA) is 95.9 Å². The maximum atomic E-state index is 12.1. The van der Waals surface area contributed by atoms with E-state index in [1.807, 2.05) is 22.6 Å². The van der Waals surface area contributed by atoms with Crippen molar-refractivity contribution in [1.82, 2.24) is 5.32 Å². The number of carboxylic acid groups (broad SMARTS) is 1. The fourth-order valence-electron chi connectivity index (χ4n) is 1.86. The number of hydrogen-bond acceptors (Lipinski definition) is 4. The van der Waals surface area contributed by atoms with Crippen LogP contribution in [-0.4, -0.2) is 40.8 Å². The third kappa shape index (κ3) is 2.81. The van der Waals surface area contributed by atoms with Crippen molar-refractivity contribution < 1.29 is 24.5 Å². The van der Waals surface area contributed by atoms with Gasteiger partial charge in [-0.15, -0.1) is 0 Å². The molecule has 0 radical (unpaired) electrons. The van der Waals surface area contributed by atoms with E-state index in [9.17, 15) is 19.8 Å². The summed E-state index contributed by atoms with van der Waals surface area (Å²) in [5.74, 6) is -1.94. The molecular formula is C12H12INO5. The number of nitrogens with one attached hydrogen (secondary N) is 1. The molecule has 0 aromatic heterocycles. The van der Waals surface area contributed by atoms with Gasteiger partial charge in [-0.1, -0.05) is 0 Å². The highest BCUT2D eigenvalue weighted by Crippen LogP contribution is 2.23. The predicted molar refractivity (Wildman–Crippen MR) is 74.1 cm³/mol. The lowest BCUT2D eigenvalue weighted by atomic mass is 9.98. The second kappa shape index (κ2) is 5.33. The normalized spacial score (nSPS) is 22.2. The van der Waals surface area contributed by atoms with Gasteiger partial charge in [-0.3, -0.25) is 4.79 Å². The molecule has 0 aliphatic carbocycles. The summed E-state index contributed by atoms with van der Waals surface area (Å²) >= 11 is 2.00. The first-order valence-electron chi connectivity index (χ1n) is 5.57. The van der Waals surface area contributed by atoms with Crippen molar-refractivity contribution in [2.75, 3.05) is 13.2 Å². The molecule has 1 heterocycles. The summed E-state index contributed by atoms with van der Waals surface area (Å²) in [6.07, 6.45) is 0.207. The quantitative estimate of drug-likeness (QED) is 0.683. The zero-order valence-corrected chi connectivity index (χ0v) is 12.0. The first-order chi connectivity index (χ1) is 8.94. The molecule has 1 aromatic carbocycles. The molecule has 0 saturated carbocycles. The van der Waals surface area contributed by atoms with Crippen molar-refractivity contribution in [2.45, 2.75) is 12.0 Å². The van der Waals surface area contributed by atoms with Crippen LogP contribution in [0.2, 0.25) is 0 Å². The SMILES string of the molecule is O=C(NC1(C(=O)O)CCOC1)c1cc(I)ccc1O. The molecule has 1 aromatic rings. The Morgan fingerprint density at radius 3 is 2.74 bits per heavy atom. The molecule has 2 rings (SSSR count). The van der Waals surface area contributed by atoms with Gasteiger partial charge in [-0.05, 0) is 40.8 Å². The van der Waals surface area contributed by atoms with Crippen LogP contribution in [0.3, 0.4) is 0 Å². The lowest BCUT2D eigenvalue weighted by molar-refractivity contribution is -0.144. The van der Waals surface area contributed by atoms with Crippen molar-refractivity contribution in [3.05, 3.63) is 27.3 Å². The number of rotatable bonds is 3. The van der Waals surface area contributed by atoms with Crippen LogP contribution in [0, 0.1) is 3.57 Å². The molecule has 1 saturated heterocycles. The summed E-state index contributed by atoms with van der Waals surface area (Å²) in [5, 5.41) is 21.3. The summed E-state index contributed by atoms with van der Waals surface area (Å²) in [6, 6.07) is 4.55. The molecule has 1 fully saturated rings. The Morgan fingerprint density at radius 1 is 1.42 bits per heavy atom. The number of amides is 1. The van der Waals surface area contributed by atoms with Crippen LogP contribution in [0.5, 0.6) is 5.75 Å². The van der Waals surface area contributed by atoms with Gasteiger partial charge in [0.05, 0.1) is 12.2 Å². The molecular weight excluding hydrogens is 365 g/mol. The number of carboxylic acids is 1. The summed E-state index contributed by atoms with van der Waals surface area (Å²) in [6.45, 7) is 0.212. The van der Waals surface area contributed by atoms with E-state index in [4.69, 9.17) is 4.74 Å². The van der Waals surface area contributed by atoms with Gasteiger partial charge in [0.25, 0.3) is 5.91 Å². The Labute approximate surface area is 122 Å². The van der Waals surface area contributed by atoms with Gasteiger partial charge in [-0.2, -0.15) is 0 Å². The number of benzene rings is 1. The average molecular weight is 377 g/mol. The number of halogens is 1. The van der Waals surface area contributed by atoms with Crippen molar-refractivity contribution in [2.24, 2.45) is 0 Å². The van der Waals surface area contributed by atoms with Crippen molar-refractivity contribution in [3.63, 3.8) is 0 Å². The highest BCUT2D eigenvalue weighted by atomic mass is 127. The minimum atomic E-state index is -1.41. The van der Waals surface area contributed by atoms with E-state index in [1.54, 1.807) is 6.07 Å². The first-order valence-corrected chi connectivity index (χ1v) is 6.65. The monoisotopic (exact) mass is 377 g/mol. The number of ether oxygens (including phenoxy) is 1. The number of aliphatic carboxylic acids is 1. The molecule has 1 aliphatic heterocycles. The zero-order valence-electron chi connectivity index (χ0n) is 9.85. The predicted octanol–water partition coefficient (Wildman–Crippen LogP) is 0.970. The molecule has 0 spiro atoms. The van der Waals surface area contributed by atoms with E-state index in [1.165, 1.54) is 12.1 Å². The van der Waals surface area contributed by atoms with Crippen LogP contribution in [0.1, 0.15) is 16.8 Å². The fraction of sp³-hybridized carbons (Fsp3) is 0.333. The van der Waals surface area contributed by atoms with Crippen LogP contribution in [0.25, 0.3) is 0 Å².